The van der Waals surface area contributed by atoms with E-state index in [1.54, 1.807) is 7.11 Å². The number of ether oxygens (including phenoxy) is 1. The van der Waals surface area contributed by atoms with Gasteiger partial charge in [-0.3, -0.25) is 4.98 Å². The molecule has 0 amide bonds. The summed E-state index contributed by atoms with van der Waals surface area (Å²) in [6, 6.07) is 1.96. The predicted molar refractivity (Wildman–Crippen MR) is 60.1 cm³/mol. The number of fused-ring (bicyclic) bond motifs is 1. The summed E-state index contributed by atoms with van der Waals surface area (Å²) in [5, 5.41) is 0.737. The van der Waals surface area contributed by atoms with Gasteiger partial charge in [0.15, 0.2) is 0 Å². The number of pyridine rings is 1. The summed E-state index contributed by atoms with van der Waals surface area (Å²) in [6.07, 6.45) is 7.47. The van der Waals surface area contributed by atoms with Crippen molar-refractivity contribution >= 4 is 11.8 Å². The quantitative estimate of drug-likeness (QED) is 0.746. The Balaban J connectivity index is 2.33. The van der Waals surface area contributed by atoms with Crippen LogP contribution >= 0.6 is 11.8 Å². The van der Waals surface area contributed by atoms with E-state index in [1.807, 2.05) is 24.0 Å². The van der Waals surface area contributed by atoms with E-state index in [1.165, 1.54) is 17.7 Å². The van der Waals surface area contributed by atoms with Gasteiger partial charge in [0, 0.05) is 22.7 Å². The molecular weight excluding hydrogens is 194 g/mol. The molecule has 76 valence electrons. The summed E-state index contributed by atoms with van der Waals surface area (Å²) in [4.78, 5) is 4.41. The van der Waals surface area contributed by atoms with Gasteiger partial charge in [-0.25, -0.2) is 0 Å². The molecule has 1 unspecified atom stereocenters. The smallest absolute Gasteiger partial charge is 0.125 e. The Kier molecular flexibility index (Phi) is 2.96. The van der Waals surface area contributed by atoms with Crippen LogP contribution in [-0.4, -0.2) is 23.6 Å². The average Bonchev–Trinajstić information content (AvgIpc) is 2.27. The third kappa shape index (κ3) is 1.73. The van der Waals surface area contributed by atoms with Gasteiger partial charge in [-0.05, 0) is 31.6 Å². The van der Waals surface area contributed by atoms with Crippen LogP contribution in [0.1, 0.15) is 17.7 Å². The van der Waals surface area contributed by atoms with E-state index >= 15 is 0 Å². The molecule has 1 aliphatic rings. The second-order valence-electron chi connectivity index (χ2n) is 3.54. The van der Waals surface area contributed by atoms with Crippen molar-refractivity contribution in [1.29, 1.82) is 0 Å². The number of rotatable bonds is 2. The lowest BCUT2D eigenvalue weighted by atomic mass is 9.95. The van der Waals surface area contributed by atoms with Crippen molar-refractivity contribution in [1.82, 2.24) is 4.98 Å². The van der Waals surface area contributed by atoms with Crippen molar-refractivity contribution in [3.8, 4) is 5.75 Å². The Labute approximate surface area is 89.1 Å². The molecule has 1 atom stereocenters. The van der Waals surface area contributed by atoms with Gasteiger partial charge >= 0.3 is 0 Å². The summed E-state index contributed by atoms with van der Waals surface area (Å²) in [5.74, 6) is 1.01. The highest BCUT2D eigenvalue weighted by Crippen LogP contribution is 2.31. The average molecular weight is 209 g/mol. The molecule has 1 aromatic rings. The van der Waals surface area contributed by atoms with E-state index < -0.39 is 0 Å². The van der Waals surface area contributed by atoms with Crippen LogP contribution in [0.3, 0.4) is 0 Å². The molecular formula is C11H15NOS. The monoisotopic (exact) mass is 209 g/mol. The predicted octanol–water partition coefficient (Wildman–Crippen LogP) is 2.31. The van der Waals surface area contributed by atoms with E-state index in [-0.39, 0.29) is 0 Å². The lowest BCUT2D eigenvalue weighted by Gasteiger charge is -2.23. The van der Waals surface area contributed by atoms with Crippen LogP contribution in [0.5, 0.6) is 5.75 Å². The molecule has 2 nitrogen and oxygen atoms in total. The topological polar surface area (TPSA) is 22.1 Å². The van der Waals surface area contributed by atoms with E-state index in [0.29, 0.717) is 0 Å². The molecule has 2 rings (SSSR count). The fraction of sp³-hybridized carbons (Fsp3) is 0.545. The minimum absolute atomic E-state index is 0.737. The second kappa shape index (κ2) is 4.22. The lowest BCUT2D eigenvalue weighted by molar-refractivity contribution is 0.405. The molecule has 14 heavy (non-hydrogen) atoms. The maximum absolute atomic E-state index is 5.36. The SMILES string of the molecule is COc1ccnc2c1CC(SC)CC2. The highest BCUT2D eigenvalue weighted by molar-refractivity contribution is 7.99. The van der Waals surface area contributed by atoms with Crippen molar-refractivity contribution in [2.45, 2.75) is 24.5 Å². The molecule has 0 saturated carbocycles. The summed E-state index contributed by atoms with van der Waals surface area (Å²) in [5.41, 5.74) is 2.55. The maximum atomic E-state index is 5.36. The van der Waals surface area contributed by atoms with Gasteiger partial charge in [0.05, 0.1) is 7.11 Å². The first-order valence-electron chi connectivity index (χ1n) is 4.88. The fourth-order valence-electron chi connectivity index (χ4n) is 1.97. The number of aryl methyl sites for hydroxylation is 1. The standard InChI is InChI=1S/C11H15NOS/c1-13-11-5-6-12-10-4-3-8(14-2)7-9(10)11/h5-6,8H,3-4,7H2,1-2H3. The van der Waals surface area contributed by atoms with Crippen molar-refractivity contribution in [3.05, 3.63) is 23.5 Å². The zero-order chi connectivity index (χ0) is 9.97. The van der Waals surface area contributed by atoms with Crippen molar-refractivity contribution in [2.24, 2.45) is 0 Å². The van der Waals surface area contributed by atoms with Crippen molar-refractivity contribution in [2.75, 3.05) is 13.4 Å². The molecule has 0 spiro atoms. The molecule has 0 saturated heterocycles. The first kappa shape index (κ1) is 9.84. The van der Waals surface area contributed by atoms with Crippen molar-refractivity contribution in [3.63, 3.8) is 0 Å². The van der Waals surface area contributed by atoms with Crippen LogP contribution in [0.2, 0.25) is 0 Å². The molecule has 1 heterocycles. The summed E-state index contributed by atoms with van der Waals surface area (Å²) in [6.45, 7) is 0. The van der Waals surface area contributed by atoms with E-state index in [2.05, 4.69) is 11.2 Å². The number of thioether (sulfide) groups is 1. The van der Waals surface area contributed by atoms with Crippen molar-refractivity contribution < 1.29 is 4.74 Å². The molecule has 0 aromatic carbocycles. The molecule has 1 aliphatic carbocycles. The summed E-state index contributed by atoms with van der Waals surface area (Å²) < 4.78 is 5.36. The molecule has 0 fully saturated rings. The Morgan fingerprint density at radius 1 is 1.57 bits per heavy atom. The summed E-state index contributed by atoms with van der Waals surface area (Å²) >= 11 is 1.95. The van der Waals surface area contributed by atoms with E-state index in [4.69, 9.17) is 4.74 Å². The Morgan fingerprint density at radius 2 is 2.43 bits per heavy atom. The highest BCUT2D eigenvalue weighted by atomic mass is 32.2. The third-order valence-electron chi connectivity index (χ3n) is 2.79. The number of aromatic nitrogens is 1. The highest BCUT2D eigenvalue weighted by Gasteiger charge is 2.21. The Morgan fingerprint density at radius 3 is 3.14 bits per heavy atom. The van der Waals surface area contributed by atoms with Gasteiger partial charge in [-0.2, -0.15) is 11.8 Å². The van der Waals surface area contributed by atoms with Crippen LogP contribution < -0.4 is 4.74 Å². The second-order valence-corrected chi connectivity index (χ2v) is 4.68. The summed E-state index contributed by atoms with van der Waals surface area (Å²) in [7, 11) is 1.73. The van der Waals surface area contributed by atoms with E-state index in [9.17, 15) is 0 Å². The van der Waals surface area contributed by atoms with Crippen LogP contribution in [0.15, 0.2) is 12.3 Å². The first-order chi connectivity index (χ1) is 6.85. The molecule has 0 radical (unpaired) electrons. The Bertz CT molecular complexity index is 313. The molecule has 3 heteroatoms. The van der Waals surface area contributed by atoms with Gasteiger partial charge in [0.25, 0.3) is 0 Å². The molecule has 0 aliphatic heterocycles. The fourth-order valence-corrected chi connectivity index (χ4v) is 2.66. The van der Waals surface area contributed by atoms with Crippen LogP contribution in [0, 0.1) is 0 Å². The number of hydrogen-bond acceptors (Lipinski definition) is 3. The van der Waals surface area contributed by atoms with E-state index in [0.717, 1.165) is 23.8 Å². The molecule has 0 bridgehead atoms. The minimum Gasteiger partial charge on any atom is -0.496 e. The molecule has 1 aromatic heterocycles. The van der Waals surface area contributed by atoms with Crippen LogP contribution in [0.25, 0.3) is 0 Å². The zero-order valence-electron chi connectivity index (χ0n) is 8.62. The van der Waals surface area contributed by atoms with Gasteiger partial charge in [0.1, 0.15) is 5.75 Å². The van der Waals surface area contributed by atoms with Gasteiger partial charge in [-0.1, -0.05) is 0 Å². The zero-order valence-corrected chi connectivity index (χ0v) is 9.43. The van der Waals surface area contributed by atoms with Gasteiger partial charge in [-0.15, -0.1) is 0 Å². The Hall–Kier alpha value is -0.700. The number of methoxy groups -OCH3 is 1. The first-order valence-corrected chi connectivity index (χ1v) is 6.17. The minimum atomic E-state index is 0.737. The van der Waals surface area contributed by atoms with Gasteiger partial charge < -0.3 is 4.74 Å². The van der Waals surface area contributed by atoms with Crippen LogP contribution in [-0.2, 0) is 12.8 Å². The number of hydrogen-bond donors (Lipinski definition) is 0. The largest absolute Gasteiger partial charge is 0.496 e. The van der Waals surface area contributed by atoms with Gasteiger partial charge in [0.2, 0.25) is 0 Å². The number of nitrogens with zero attached hydrogens (tertiary/aromatic N) is 1. The lowest BCUT2D eigenvalue weighted by Crippen LogP contribution is -2.17. The third-order valence-corrected chi connectivity index (χ3v) is 3.86. The maximum Gasteiger partial charge on any atom is 0.125 e. The molecule has 0 N–H and O–H groups in total. The van der Waals surface area contributed by atoms with Crippen LogP contribution in [0.4, 0.5) is 0 Å². The normalized spacial score (nSPS) is 20.3.